The molecule has 0 saturated carbocycles. The first kappa shape index (κ1) is 17.5. The third-order valence-corrected chi connectivity index (χ3v) is 3.60. The number of carbonyl (C=O) groups excluding carboxylic acids is 1. The van der Waals surface area contributed by atoms with Crippen LogP contribution in [0.2, 0.25) is 0 Å². The van der Waals surface area contributed by atoms with Crippen molar-refractivity contribution in [1.29, 1.82) is 5.26 Å². The number of amides is 1. The van der Waals surface area contributed by atoms with Crippen molar-refractivity contribution in [3.05, 3.63) is 65.7 Å². The highest BCUT2D eigenvalue weighted by Gasteiger charge is 2.18. The van der Waals surface area contributed by atoms with Crippen molar-refractivity contribution in [2.45, 2.75) is 25.7 Å². The Kier molecular flexibility index (Phi) is 6.35. The maximum Gasteiger partial charge on any atom is 0.250 e. The van der Waals surface area contributed by atoms with Gasteiger partial charge in [-0.05, 0) is 30.2 Å². The minimum Gasteiger partial charge on any atom is -0.489 e. The fraction of sp³-hybridized carbons (Fsp3) is 0.263. The maximum absolute atomic E-state index is 11.8. The highest BCUT2D eigenvalue weighted by atomic mass is 16.5. The van der Waals surface area contributed by atoms with Crippen molar-refractivity contribution < 1.29 is 14.3 Å². The molecule has 2 atom stereocenters. The Balaban J connectivity index is 1.97. The van der Waals surface area contributed by atoms with Gasteiger partial charge in [-0.3, -0.25) is 4.79 Å². The molecule has 0 bridgehead atoms. The molecule has 0 spiro atoms. The topological polar surface area (TPSA) is 71.3 Å². The smallest absolute Gasteiger partial charge is 0.250 e. The van der Waals surface area contributed by atoms with Crippen LogP contribution in [-0.4, -0.2) is 19.1 Å². The second-order valence-corrected chi connectivity index (χ2v) is 5.29. The predicted octanol–water partition coefficient (Wildman–Crippen LogP) is 2.98. The van der Waals surface area contributed by atoms with E-state index in [-0.39, 0.29) is 5.91 Å². The van der Waals surface area contributed by atoms with E-state index in [2.05, 4.69) is 11.4 Å². The van der Waals surface area contributed by atoms with Crippen molar-refractivity contribution in [2.24, 2.45) is 0 Å². The number of methoxy groups -OCH3 is 1. The lowest BCUT2D eigenvalue weighted by atomic mass is 10.1. The summed E-state index contributed by atoms with van der Waals surface area (Å²) < 4.78 is 10.7. The van der Waals surface area contributed by atoms with Gasteiger partial charge in [0, 0.05) is 7.11 Å². The van der Waals surface area contributed by atoms with Gasteiger partial charge < -0.3 is 14.8 Å². The molecule has 5 nitrogen and oxygen atoms in total. The minimum atomic E-state index is -0.724. The van der Waals surface area contributed by atoms with E-state index < -0.39 is 12.1 Å². The molecule has 0 radical (unpaired) electrons. The van der Waals surface area contributed by atoms with E-state index in [0.29, 0.717) is 17.9 Å². The largest absolute Gasteiger partial charge is 0.489 e. The highest BCUT2D eigenvalue weighted by molar-refractivity contribution is 5.81. The summed E-state index contributed by atoms with van der Waals surface area (Å²) in [5, 5.41) is 11.9. The fourth-order valence-electron chi connectivity index (χ4n) is 2.05. The SMILES string of the molecule is CO[C@H](C)C(=O)N[C@@H](C#N)c1ccc(OCc2ccccc2)cc1. The molecule has 0 aliphatic heterocycles. The van der Waals surface area contributed by atoms with Crippen molar-refractivity contribution >= 4 is 5.91 Å². The summed E-state index contributed by atoms with van der Waals surface area (Å²) in [7, 11) is 1.45. The van der Waals surface area contributed by atoms with Gasteiger partial charge in [-0.2, -0.15) is 5.26 Å². The van der Waals surface area contributed by atoms with Crippen LogP contribution in [0.15, 0.2) is 54.6 Å². The Labute approximate surface area is 141 Å². The number of benzene rings is 2. The summed E-state index contributed by atoms with van der Waals surface area (Å²) >= 11 is 0. The van der Waals surface area contributed by atoms with Crippen LogP contribution >= 0.6 is 0 Å². The Morgan fingerprint density at radius 3 is 2.42 bits per heavy atom. The second kappa shape index (κ2) is 8.70. The van der Waals surface area contributed by atoms with Crippen LogP contribution in [0.4, 0.5) is 0 Å². The average molecular weight is 324 g/mol. The van der Waals surface area contributed by atoms with Gasteiger partial charge >= 0.3 is 0 Å². The van der Waals surface area contributed by atoms with Crippen LogP contribution in [0.3, 0.4) is 0 Å². The van der Waals surface area contributed by atoms with E-state index in [1.807, 2.05) is 30.3 Å². The minimum absolute atomic E-state index is 0.326. The van der Waals surface area contributed by atoms with E-state index in [1.54, 1.807) is 31.2 Å². The van der Waals surface area contributed by atoms with Crippen LogP contribution in [0.25, 0.3) is 0 Å². The van der Waals surface area contributed by atoms with Crippen LogP contribution in [0, 0.1) is 11.3 Å². The zero-order valence-corrected chi connectivity index (χ0v) is 13.7. The Morgan fingerprint density at radius 1 is 1.17 bits per heavy atom. The normalized spacial score (nSPS) is 12.7. The number of ether oxygens (including phenoxy) is 2. The molecular formula is C19H20N2O3. The molecule has 0 fully saturated rings. The first-order valence-electron chi connectivity index (χ1n) is 7.63. The van der Waals surface area contributed by atoms with Gasteiger partial charge in [0.15, 0.2) is 0 Å². The molecule has 0 unspecified atom stereocenters. The lowest BCUT2D eigenvalue weighted by Gasteiger charge is -2.15. The summed E-state index contributed by atoms with van der Waals surface area (Å²) in [6, 6.07) is 18.3. The summed E-state index contributed by atoms with van der Waals surface area (Å²) in [5.41, 5.74) is 1.78. The summed E-state index contributed by atoms with van der Waals surface area (Å²) in [6.45, 7) is 2.11. The molecule has 5 heteroatoms. The Hall–Kier alpha value is -2.84. The fourth-order valence-corrected chi connectivity index (χ4v) is 2.05. The van der Waals surface area contributed by atoms with E-state index in [9.17, 15) is 10.1 Å². The quantitative estimate of drug-likeness (QED) is 0.850. The molecule has 0 aliphatic carbocycles. The van der Waals surface area contributed by atoms with E-state index in [0.717, 1.165) is 5.56 Å². The standard InChI is InChI=1S/C19H20N2O3/c1-14(23-2)19(22)21-18(12-20)16-8-10-17(11-9-16)24-13-15-6-4-3-5-7-15/h3-11,14,18H,13H2,1-2H3,(H,21,22)/t14-,18+/m1/s1. The number of rotatable bonds is 7. The lowest BCUT2D eigenvalue weighted by molar-refractivity contribution is -0.130. The molecule has 2 rings (SSSR count). The first-order chi connectivity index (χ1) is 11.6. The Bertz CT molecular complexity index is 693. The highest BCUT2D eigenvalue weighted by Crippen LogP contribution is 2.19. The third-order valence-electron chi connectivity index (χ3n) is 3.60. The third kappa shape index (κ3) is 4.83. The monoisotopic (exact) mass is 324 g/mol. The first-order valence-corrected chi connectivity index (χ1v) is 7.63. The molecule has 1 N–H and O–H groups in total. The van der Waals surface area contributed by atoms with Gasteiger partial charge in [-0.25, -0.2) is 0 Å². The van der Waals surface area contributed by atoms with E-state index >= 15 is 0 Å². The van der Waals surface area contributed by atoms with Gasteiger partial charge in [0.1, 0.15) is 24.5 Å². The van der Waals surface area contributed by atoms with E-state index in [4.69, 9.17) is 9.47 Å². The van der Waals surface area contributed by atoms with Gasteiger partial charge in [0.2, 0.25) is 5.91 Å². The molecule has 2 aromatic carbocycles. The van der Waals surface area contributed by atoms with Crippen LogP contribution in [0.5, 0.6) is 5.75 Å². The summed E-state index contributed by atoms with van der Waals surface area (Å²) in [6.07, 6.45) is -0.602. The number of hydrogen-bond acceptors (Lipinski definition) is 4. The molecule has 0 aliphatic rings. The van der Waals surface area contributed by atoms with Crippen molar-refractivity contribution in [2.75, 3.05) is 7.11 Å². The van der Waals surface area contributed by atoms with Gasteiger partial charge in [-0.1, -0.05) is 42.5 Å². The molecule has 0 aromatic heterocycles. The molecule has 2 aromatic rings. The molecular weight excluding hydrogens is 304 g/mol. The van der Waals surface area contributed by atoms with Crippen LogP contribution in [-0.2, 0) is 16.1 Å². The van der Waals surface area contributed by atoms with Gasteiger partial charge in [0.05, 0.1) is 6.07 Å². The molecule has 0 heterocycles. The van der Waals surface area contributed by atoms with E-state index in [1.165, 1.54) is 7.11 Å². The molecule has 124 valence electrons. The van der Waals surface area contributed by atoms with Crippen molar-refractivity contribution in [3.8, 4) is 11.8 Å². The van der Waals surface area contributed by atoms with Crippen LogP contribution in [0.1, 0.15) is 24.1 Å². The Morgan fingerprint density at radius 2 is 1.83 bits per heavy atom. The maximum atomic E-state index is 11.8. The van der Waals surface area contributed by atoms with Crippen molar-refractivity contribution in [3.63, 3.8) is 0 Å². The van der Waals surface area contributed by atoms with Gasteiger partial charge in [-0.15, -0.1) is 0 Å². The average Bonchev–Trinajstić information content (AvgIpc) is 2.65. The zero-order valence-electron chi connectivity index (χ0n) is 13.7. The zero-order chi connectivity index (χ0) is 17.4. The molecule has 1 amide bonds. The predicted molar refractivity (Wildman–Crippen MR) is 90.2 cm³/mol. The molecule has 0 saturated heterocycles. The molecule has 24 heavy (non-hydrogen) atoms. The van der Waals surface area contributed by atoms with Gasteiger partial charge in [0.25, 0.3) is 0 Å². The van der Waals surface area contributed by atoms with Crippen LogP contribution < -0.4 is 10.1 Å². The number of carbonyl (C=O) groups is 1. The van der Waals surface area contributed by atoms with Crippen molar-refractivity contribution in [1.82, 2.24) is 5.32 Å². The number of nitrogens with zero attached hydrogens (tertiary/aromatic N) is 1. The number of nitrogens with one attached hydrogen (secondary N) is 1. The second-order valence-electron chi connectivity index (χ2n) is 5.29. The number of nitriles is 1. The number of hydrogen-bond donors (Lipinski definition) is 1. The lowest BCUT2D eigenvalue weighted by Crippen LogP contribution is -2.36. The summed E-state index contributed by atoms with van der Waals surface area (Å²) in [5.74, 6) is 0.379. The summed E-state index contributed by atoms with van der Waals surface area (Å²) in [4.78, 5) is 11.8.